The Morgan fingerprint density at radius 3 is 2.25 bits per heavy atom. The highest BCUT2D eigenvalue weighted by atomic mass is 16.5. The predicted molar refractivity (Wildman–Crippen MR) is 84.7 cm³/mol. The van der Waals surface area contributed by atoms with Crippen LogP contribution >= 0.6 is 0 Å². The molecule has 2 aromatic rings. The van der Waals surface area contributed by atoms with E-state index in [9.17, 15) is 14.4 Å². The molecular weight excluding hydrogens is 314 g/mol. The summed E-state index contributed by atoms with van der Waals surface area (Å²) in [6.07, 6.45) is 0. The molecule has 0 fully saturated rings. The van der Waals surface area contributed by atoms with Crippen LogP contribution < -0.4 is 10.9 Å². The standard InChI is InChI=1S/C16H19N3O5/c1-7-6-11(10(4)24-7)14(20)18-19-15(21)13-8(2)12(9(3)17-13)16(22)23-5/h6,17H,1-5H3,(H,18,20)(H,19,21). The second kappa shape index (κ2) is 6.61. The third kappa shape index (κ3) is 3.17. The second-order valence-electron chi connectivity index (χ2n) is 5.35. The number of carbonyl (C=O) groups excluding carboxylic acids is 3. The van der Waals surface area contributed by atoms with Crippen molar-refractivity contribution in [1.82, 2.24) is 15.8 Å². The van der Waals surface area contributed by atoms with Crippen molar-refractivity contribution >= 4 is 17.8 Å². The molecule has 2 heterocycles. The van der Waals surface area contributed by atoms with Gasteiger partial charge in [0, 0.05) is 5.69 Å². The van der Waals surface area contributed by atoms with Crippen molar-refractivity contribution in [2.75, 3.05) is 7.11 Å². The Morgan fingerprint density at radius 1 is 1.08 bits per heavy atom. The van der Waals surface area contributed by atoms with Crippen molar-refractivity contribution in [3.63, 3.8) is 0 Å². The van der Waals surface area contributed by atoms with Crippen molar-refractivity contribution in [2.45, 2.75) is 27.7 Å². The molecular formula is C16H19N3O5. The zero-order valence-corrected chi connectivity index (χ0v) is 14.1. The number of ether oxygens (including phenoxy) is 1. The summed E-state index contributed by atoms with van der Waals surface area (Å²) in [6, 6.07) is 1.58. The number of aromatic nitrogens is 1. The van der Waals surface area contributed by atoms with E-state index in [1.54, 1.807) is 33.8 Å². The van der Waals surface area contributed by atoms with E-state index in [-0.39, 0.29) is 5.69 Å². The van der Waals surface area contributed by atoms with Crippen molar-refractivity contribution in [1.29, 1.82) is 0 Å². The van der Waals surface area contributed by atoms with Crippen LogP contribution in [-0.2, 0) is 4.74 Å². The van der Waals surface area contributed by atoms with Gasteiger partial charge in [0.05, 0.1) is 18.2 Å². The Balaban J connectivity index is 2.12. The first-order valence-electron chi connectivity index (χ1n) is 7.21. The van der Waals surface area contributed by atoms with Gasteiger partial charge in [-0.1, -0.05) is 0 Å². The van der Waals surface area contributed by atoms with E-state index in [2.05, 4.69) is 15.8 Å². The average Bonchev–Trinajstić information content (AvgIpc) is 3.02. The molecule has 2 rings (SSSR count). The number of hydrogen-bond acceptors (Lipinski definition) is 5. The Morgan fingerprint density at radius 2 is 1.71 bits per heavy atom. The van der Waals surface area contributed by atoms with Crippen molar-refractivity contribution in [3.8, 4) is 0 Å². The third-order valence-electron chi connectivity index (χ3n) is 3.63. The van der Waals surface area contributed by atoms with Gasteiger partial charge in [0.25, 0.3) is 11.8 Å². The van der Waals surface area contributed by atoms with E-state index in [1.165, 1.54) is 7.11 Å². The van der Waals surface area contributed by atoms with Crippen LogP contribution in [-0.4, -0.2) is 29.9 Å². The topological polar surface area (TPSA) is 113 Å². The van der Waals surface area contributed by atoms with Crippen LogP contribution in [0.5, 0.6) is 0 Å². The quantitative estimate of drug-likeness (QED) is 0.584. The molecule has 0 aliphatic heterocycles. The highest BCUT2D eigenvalue weighted by Crippen LogP contribution is 2.18. The minimum atomic E-state index is -0.572. The summed E-state index contributed by atoms with van der Waals surface area (Å²) in [7, 11) is 1.27. The molecule has 0 atom stereocenters. The Labute approximate surface area is 138 Å². The largest absolute Gasteiger partial charge is 0.466 e. The number of furan rings is 1. The van der Waals surface area contributed by atoms with Crippen molar-refractivity contribution in [2.24, 2.45) is 0 Å². The number of H-pyrrole nitrogens is 1. The van der Waals surface area contributed by atoms with E-state index in [0.717, 1.165) is 0 Å². The number of carbonyl (C=O) groups is 3. The number of methoxy groups -OCH3 is 1. The van der Waals surface area contributed by atoms with Gasteiger partial charge in [0.15, 0.2) is 0 Å². The highest BCUT2D eigenvalue weighted by molar-refractivity contribution is 6.02. The minimum absolute atomic E-state index is 0.174. The van der Waals surface area contributed by atoms with E-state index in [0.29, 0.717) is 33.9 Å². The first-order chi connectivity index (χ1) is 11.3. The molecule has 0 unspecified atom stereocenters. The number of esters is 1. The van der Waals surface area contributed by atoms with Crippen LogP contribution in [0.25, 0.3) is 0 Å². The van der Waals surface area contributed by atoms with Crippen LogP contribution in [0.4, 0.5) is 0 Å². The van der Waals surface area contributed by atoms with Gasteiger partial charge in [-0.25, -0.2) is 4.79 Å². The summed E-state index contributed by atoms with van der Waals surface area (Å²) in [5, 5.41) is 0. The molecule has 0 radical (unpaired) electrons. The van der Waals surface area contributed by atoms with Gasteiger partial charge in [0.2, 0.25) is 0 Å². The molecule has 0 aliphatic rings. The lowest BCUT2D eigenvalue weighted by atomic mass is 10.1. The van der Waals surface area contributed by atoms with Crippen molar-refractivity contribution < 1.29 is 23.5 Å². The number of aromatic amines is 1. The summed E-state index contributed by atoms with van der Waals surface area (Å²) in [4.78, 5) is 38.8. The number of aryl methyl sites for hydroxylation is 3. The molecule has 0 bridgehead atoms. The van der Waals surface area contributed by atoms with Gasteiger partial charge in [-0.2, -0.15) is 0 Å². The van der Waals surface area contributed by atoms with Gasteiger partial charge in [-0.3, -0.25) is 20.4 Å². The number of hydrogen-bond donors (Lipinski definition) is 3. The minimum Gasteiger partial charge on any atom is -0.466 e. The molecule has 2 amide bonds. The fraction of sp³-hybridized carbons (Fsp3) is 0.312. The van der Waals surface area contributed by atoms with E-state index >= 15 is 0 Å². The first-order valence-corrected chi connectivity index (χ1v) is 7.21. The maximum Gasteiger partial charge on any atom is 0.339 e. The Hall–Kier alpha value is -3.03. The molecule has 3 N–H and O–H groups in total. The fourth-order valence-corrected chi connectivity index (χ4v) is 2.48. The molecule has 2 aromatic heterocycles. The maximum absolute atomic E-state index is 12.2. The second-order valence-corrected chi connectivity index (χ2v) is 5.35. The van der Waals surface area contributed by atoms with Gasteiger partial charge in [-0.05, 0) is 39.3 Å². The summed E-state index contributed by atoms with van der Waals surface area (Å²) in [6.45, 7) is 6.66. The summed E-state index contributed by atoms with van der Waals surface area (Å²) in [5.74, 6) is -0.542. The number of nitrogens with one attached hydrogen (secondary N) is 3. The van der Waals surface area contributed by atoms with Gasteiger partial charge in [-0.15, -0.1) is 0 Å². The summed E-state index contributed by atoms with van der Waals surface area (Å²) >= 11 is 0. The van der Waals surface area contributed by atoms with Gasteiger partial charge in [0.1, 0.15) is 17.2 Å². The molecule has 24 heavy (non-hydrogen) atoms. The smallest absolute Gasteiger partial charge is 0.339 e. The van der Waals surface area contributed by atoms with E-state index < -0.39 is 17.8 Å². The average molecular weight is 333 g/mol. The molecule has 0 saturated carbocycles. The molecule has 0 saturated heterocycles. The molecule has 8 nitrogen and oxygen atoms in total. The van der Waals surface area contributed by atoms with Crippen LogP contribution in [0.2, 0.25) is 0 Å². The SMILES string of the molecule is COC(=O)c1c(C)[nH]c(C(=O)NNC(=O)c2cc(C)oc2C)c1C. The normalized spacial score (nSPS) is 10.4. The lowest BCUT2D eigenvalue weighted by Crippen LogP contribution is -2.42. The zero-order chi connectivity index (χ0) is 18.0. The van der Waals surface area contributed by atoms with Gasteiger partial charge >= 0.3 is 5.97 Å². The van der Waals surface area contributed by atoms with Gasteiger partial charge < -0.3 is 14.1 Å². The monoisotopic (exact) mass is 333 g/mol. The molecule has 0 spiro atoms. The van der Waals surface area contributed by atoms with Crippen LogP contribution in [0.3, 0.4) is 0 Å². The van der Waals surface area contributed by atoms with Crippen LogP contribution in [0.1, 0.15) is 54.0 Å². The van der Waals surface area contributed by atoms with E-state index in [4.69, 9.17) is 9.15 Å². The summed E-state index contributed by atoms with van der Waals surface area (Å²) < 4.78 is 9.96. The lowest BCUT2D eigenvalue weighted by Gasteiger charge is -2.06. The number of rotatable bonds is 3. The zero-order valence-electron chi connectivity index (χ0n) is 14.1. The first kappa shape index (κ1) is 17.3. The van der Waals surface area contributed by atoms with Crippen LogP contribution in [0, 0.1) is 27.7 Å². The van der Waals surface area contributed by atoms with Crippen molar-refractivity contribution in [3.05, 3.63) is 45.7 Å². The number of hydrazine groups is 1. The molecule has 8 heteroatoms. The Bertz CT molecular complexity index is 816. The molecule has 128 valence electrons. The number of amides is 2. The molecule has 0 aliphatic carbocycles. The lowest BCUT2D eigenvalue weighted by molar-refractivity contribution is 0.0599. The van der Waals surface area contributed by atoms with E-state index in [1.807, 2.05) is 0 Å². The predicted octanol–water partition coefficient (Wildman–Crippen LogP) is 1.70. The molecule has 0 aromatic carbocycles. The highest BCUT2D eigenvalue weighted by Gasteiger charge is 2.23. The van der Waals surface area contributed by atoms with Crippen LogP contribution in [0.15, 0.2) is 10.5 Å². The fourth-order valence-electron chi connectivity index (χ4n) is 2.48. The Kier molecular flexibility index (Phi) is 4.77. The third-order valence-corrected chi connectivity index (χ3v) is 3.63. The summed E-state index contributed by atoms with van der Waals surface area (Å²) in [5.41, 5.74) is 6.39. The maximum atomic E-state index is 12.2.